The van der Waals surface area contributed by atoms with Crippen molar-refractivity contribution in [3.8, 4) is 0 Å². The predicted molar refractivity (Wildman–Crippen MR) is 56.1 cm³/mol. The smallest absolute Gasteiger partial charge is 0.309 e. The Morgan fingerprint density at radius 1 is 1.53 bits per heavy atom. The first-order chi connectivity index (χ1) is 7.01. The first kappa shape index (κ1) is 13.6. The third kappa shape index (κ3) is 5.83. The van der Waals surface area contributed by atoms with Crippen LogP contribution in [-0.4, -0.2) is 23.5 Å². The highest BCUT2D eigenvalue weighted by Gasteiger charge is 2.12. The molecule has 15 heavy (non-hydrogen) atoms. The number of esters is 1. The molecule has 0 aliphatic rings. The zero-order valence-electron chi connectivity index (χ0n) is 9.36. The van der Waals surface area contributed by atoms with Crippen molar-refractivity contribution in [2.75, 3.05) is 6.61 Å². The highest BCUT2D eigenvalue weighted by Crippen LogP contribution is 2.10. The third-order valence-corrected chi connectivity index (χ3v) is 1.94. The number of nitro groups is 1. The van der Waals surface area contributed by atoms with Gasteiger partial charge in [0.25, 0.3) is 0 Å². The molecular weight excluding hydrogens is 198 g/mol. The molecule has 0 rings (SSSR count). The summed E-state index contributed by atoms with van der Waals surface area (Å²) >= 11 is 0. The van der Waals surface area contributed by atoms with Gasteiger partial charge in [0.1, 0.15) is 0 Å². The van der Waals surface area contributed by atoms with Crippen molar-refractivity contribution in [1.82, 2.24) is 0 Å². The molecule has 0 aromatic heterocycles. The standard InChI is InChI=1S/C10H17NO4/c1-4-9(6-8(3)11(13)14)7-10(12)15-5-2/h6,8H,4-5,7H2,1-3H3/b9-6+. The van der Waals surface area contributed by atoms with Crippen LogP contribution < -0.4 is 0 Å². The topological polar surface area (TPSA) is 69.4 Å². The lowest BCUT2D eigenvalue weighted by molar-refractivity contribution is -0.505. The van der Waals surface area contributed by atoms with E-state index < -0.39 is 6.04 Å². The van der Waals surface area contributed by atoms with Crippen LogP contribution in [0.25, 0.3) is 0 Å². The summed E-state index contributed by atoms with van der Waals surface area (Å²) < 4.78 is 4.77. The van der Waals surface area contributed by atoms with Crippen LogP contribution in [0.15, 0.2) is 11.6 Å². The number of ether oxygens (including phenoxy) is 1. The van der Waals surface area contributed by atoms with Gasteiger partial charge in [-0.05, 0) is 19.4 Å². The molecule has 5 nitrogen and oxygen atoms in total. The molecule has 0 aromatic rings. The average Bonchev–Trinajstić information content (AvgIpc) is 2.16. The van der Waals surface area contributed by atoms with Gasteiger partial charge in [0.05, 0.1) is 13.0 Å². The van der Waals surface area contributed by atoms with Crippen LogP contribution in [0, 0.1) is 10.1 Å². The highest BCUT2D eigenvalue weighted by molar-refractivity contribution is 5.72. The van der Waals surface area contributed by atoms with E-state index >= 15 is 0 Å². The lowest BCUT2D eigenvalue weighted by atomic mass is 10.1. The average molecular weight is 215 g/mol. The minimum atomic E-state index is -0.755. The first-order valence-corrected chi connectivity index (χ1v) is 4.99. The molecule has 0 N–H and O–H groups in total. The number of rotatable bonds is 6. The molecule has 86 valence electrons. The highest BCUT2D eigenvalue weighted by atomic mass is 16.6. The summed E-state index contributed by atoms with van der Waals surface area (Å²) in [6, 6.07) is -0.755. The van der Waals surface area contributed by atoms with E-state index in [1.54, 1.807) is 6.92 Å². The zero-order chi connectivity index (χ0) is 11.8. The van der Waals surface area contributed by atoms with E-state index in [2.05, 4.69) is 0 Å². The normalized spacial score (nSPS) is 13.4. The fraction of sp³-hybridized carbons (Fsp3) is 0.700. The summed E-state index contributed by atoms with van der Waals surface area (Å²) in [6.45, 7) is 5.41. The second-order valence-corrected chi connectivity index (χ2v) is 3.19. The number of hydrogen-bond acceptors (Lipinski definition) is 4. The Kier molecular flexibility index (Phi) is 6.33. The molecule has 0 fully saturated rings. The number of hydrogen-bond donors (Lipinski definition) is 0. The van der Waals surface area contributed by atoms with Crippen LogP contribution in [-0.2, 0) is 9.53 Å². The Hall–Kier alpha value is -1.39. The molecule has 5 heteroatoms. The van der Waals surface area contributed by atoms with Gasteiger partial charge in [0.15, 0.2) is 0 Å². The summed E-state index contributed by atoms with van der Waals surface area (Å²) in [5, 5.41) is 10.4. The van der Waals surface area contributed by atoms with E-state index in [4.69, 9.17) is 4.74 Å². The van der Waals surface area contributed by atoms with Gasteiger partial charge in [-0.15, -0.1) is 0 Å². The van der Waals surface area contributed by atoms with E-state index in [1.807, 2.05) is 6.92 Å². The van der Waals surface area contributed by atoms with Gasteiger partial charge in [0.2, 0.25) is 6.04 Å². The van der Waals surface area contributed by atoms with Crippen LogP contribution in [0.1, 0.15) is 33.6 Å². The predicted octanol–water partition coefficient (Wildman–Crippen LogP) is 1.94. The zero-order valence-corrected chi connectivity index (χ0v) is 9.36. The Labute approximate surface area is 89.3 Å². The van der Waals surface area contributed by atoms with Gasteiger partial charge in [-0.1, -0.05) is 12.5 Å². The van der Waals surface area contributed by atoms with Crippen molar-refractivity contribution in [2.45, 2.75) is 39.7 Å². The SMILES string of the molecule is CCOC(=O)C/C(=C/C(C)[N+](=O)[O-])CC. The minimum Gasteiger partial charge on any atom is -0.466 e. The fourth-order valence-corrected chi connectivity index (χ4v) is 1.10. The van der Waals surface area contributed by atoms with Crippen LogP contribution in [0.3, 0.4) is 0 Å². The maximum atomic E-state index is 11.1. The molecular formula is C10H17NO4. The van der Waals surface area contributed by atoms with E-state index in [0.29, 0.717) is 13.0 Å². The molecule has 1 unspecified atom stereocenters. The van der Waals surface area contributed by atoms with Crippen molar-refractivity contribution in [3.63, 3.8) is 0 Å². The molecule has 0 saturated carbocycles. The van der Waals surface area contributed by atoms with Crippen LogP contribution in [0.4, 0.5) is 0 Å². The van der Waals surface area contributed by atoms with Gasteiger partial charge >= 0.3 is 5.97 Å². The van der Waals surface area contributed by atoms with Crippen molar-refractivity contribution in [1.29, 1.82) is 0 Å². The third-order valence-electron chi connectivity index (χ3n) is 1.94. The molecule has 0 radical (unpaired) electrons. The largest absolute Gasteiger partial charge is 0.466 e. The molecule has 0 aromatic carbocycles. The van der Waals surface area contributed by atoms with Gasteiger partial charge in [0, 0.05) is 11.8 Å². The molecule has 0 bridgehead atoms. The summed E-state index contributed by atoms with van der Waals surface area (Å²) in [4.78, 5) is 21.1. The van der Waals surface area contributed by atoms with Crippen LogP contribution in [0.5, 0.6) is 0 Å². The molecule has 0 saturated heterocycles. The number of carbonyl (C=O) groups is 1. The summed E-state index contributed by atoms with van der Waals surface area (Å²) in [5.74, 6) is -0.332. The quantitative estimate of drug-likeness (QED) is 0.294. The Morgan fingerprint density at radius 2 is 2.13 bits per heavy atom. The van der Waals surface area contributed by atoms with E-state index in [0.717, 1.165) is 5.57 Å². The molecule has 0 aliphatic carbocycles. The van der Waals surface area contributed by atoms with E-state index in [9.17, 15) is 14.9 Å². The van der Waals surface area contributed by atoms with Gasteiger partial charge < -0.3 is 4.74 Å². The van der Waals surface area contributed by atoms with Crippen molar-refractivity contribution < 1.29 is 14.5 Å². The lowest BCUT2D eigenvalue weighted by Crippen LogP contribution is -2.13. The Morgan fingerprint density at radius 3 is 2.53 bits per heavy atom. The van der Waals surface area contributed by atoms with Crippen LogP contribution >= 0.6 is 0 Å². The maximum absolute atomic E-state index is 11.1. The van der Waals surface area contributed by atoms with E-state index in [-0.39, 0.29) is 17.3 Å². The second-order valence-electron chi connectivity index (χ2n) is 3.19. The van der Waals surface area contributed by atoms with Gasteiger partial charge in [-0.25, -0.2) is 0 Å². The molecule has 0 heterocycles. The fourth-order valence-electron chi connectivity index (χ4n) is 1.10. The van der Waals surface area contributed by atoms with Gasteiger partial charge in [-0.2, -0.15) is 0 Å². The van der Waals surface area contributed by atoms with Crippen LogP contribution in [0.2, 0.25) is 0 Å². The molecule has 0 aliphatic heterocycles. The number of carbonyl (C=O) groups excluding carboxylic acids is 1. The summed E-state index contributed by atoms with van der Waals surface area (Å²) in [7, 11) is 0. The van der Waals surface area contributed by atoms with Crippen molar-refractivity contribution >= 4 is 5.97 Å². The Bertz CT molecular complexity index is 260. The lowest BCUT2D eigenvalue weighted by Gasteiger charge is -2.05. The maximum Gasteiger partial charge on any atom is 0.309 e. The first-order valence-electron chi connectivity index (χ1n) is 4.99. The second kappa shape index (κ2) is 6.98. The monoisotopic (exact) mass is 215 g/mol. The van der Waals surface area contributed by atoms with Crippen molar-refractivity contribution in [3.05, 3.63) is 21.8 Å². The Balaban J connectivity index is 4.35. The van der Waals surface area contributed by atoms with E-state index in [1.165, 1.54) is 13.0 Å². The minimum absolute atomic E-state index is 0.141. The summed E-state index contributed by atoms with van der Waals surface area (Å²) in [5.41, 5.74) is 0.748. The molecule has 1 atom stereocenters. The molecule has 0 spiro atoms. The van der Waals surface area contributed by atoms with Crippen molar-refractivity contribution in [2.24, 2.45) is 0 Å². The van der Waals surface area contributed by atoms with Gasteiger partial charge in [-0.3, -0.25) is 14.9 Å². The number of nitrogens with zero attached hydrogens (tertiary/aromatic N) is 1. The molecule has 0 amide bonds. The summed E-state index contributed by atoms with van der Waals surface area (Å²) in [6.07, 6.45) is 2.27.